The number of carbonyl (C=O) groups is 1. The van der Waals surface area contributed by atoms with Gasteiger partial charge in [0.2, 0.25) is 5.91 Å². The Labute approximate surface area is 173 Å². The maximum atomic E-state index is 13.2. The predicted molar refractivity (Wildman–Crippen MR) is 108 cm³/mol. The zero-order chi connectivity index (χ0) is 20.2. The number of hydrogen-bond donors (Lipinski definition) is 1. The number of quaternary nitrogens is 1. The number of nitrogens with one attached hydrogen (secondary N) is 1. The van der Waals surface area contributed by atoms with Crippen LogP contribution in [0.1, 0.15) is 17.5 Å². The van der Waals surface area contributed by atoms with Crippen LogP contribution < -0.4 is 9.64 Å². The van der Waals surface area contributed by atoms with E-state index in [2.05, 4.69) is 18.2 Å². The van der Waals surface area contributed by atoms with Crippen molar-refractivity contribution in [1.29, 1.82) is 0 Å². The summed E-state index contributed by atoms with van der Waals surface area (Å²) in [6.07, 6.45) is 1.40. The Kier molecular flexibility index (Phi) is 6.35. The lowest BCUT2D eigenvalue weighted by atomic mass is 10.1. The fraction of sp³-hybridized carbons (Fsp3) is 0.409. The first-order chi connectivity index (χ1) is 14.1. The second kappa shape index (κ2) is 9.13. The highest BCUT2D eigenvalue weighted by molar-refractivity contribution is 7.99. The Hall–Kier alpha value is -2.12. The van der Waals surface area contributed by atoms with Crippen LogP contribution in [0.15, 0.2) is 41.3 Å². The summed E-state index contributed by atoms with van der Waals surface area (Å²) < 4.78 is 31.8. The van der Waals surface area contributed by atoms with Gasteiger partial charge >= 0.3 is 0 Å². The first kappa shape index (κ1) is 20.2. The summed E-state index contributed by atoms with van der Waals surface area (Å²) in [7, 11) is 0. The van der Waals surface area contributed by atoms with Gasteiger partial charge in [-0.3, -0.25) is 4.79 Å². The molecule has 1 fully saturated rings. The summed E-state index contributed by atoms with van der Waals surface area (Å²) in [4.78, 5) is 16.5. The van der Waals surface area contributed by atoms with Gasteiger partial charge < -0.3 is 14.5 Å². The number of rotatable bonds is 6. The molecule has 0 spiro atoms. The van der Waals surface area contributed by atoms with Crippen molar-refractivity contribution in [3.8, 4) is 5.75 Å². The van der Waals surface area contributed by atoms with Gasteiger partial charge in [0.1, 0.15) is 12.3 Å². The first-order valence-corrected chi connectivity index (χ1v) is 11.0. The predicted octanol–water partition coefficient (Wildman–Crippen LogP) is 2.31. The molecule has 1 N–H and O–H groups in total. The summed E-state index contributed by atoms with van der Waals surface area (Å²) in [5.74, 6) is 0.0123. The average Bonchev–Trinajstić information content (AvgIpc) is 3.19. The van der Waals surface area contributed by atoms with Gasteiger partial charge in [-0.15, -0.1) is 11.8 Å². The van der Waals surface area contributed by atoms with E-state index in [9.17, 15) is 13.6 Å². The molecule has 0 bridgehead atoms. The second-order valence-corrected chi connectivity index (χ2v) is 8.69. The number of hydrogen-bond acceptors (Lipinski definition) is 3. The van der Waals surface area contributed by atoms with Gasteiger partial charge in [-0.05, 0) is 42.0 Å². The van der Waals surface area contributed by atoms with E-state index in [0.29, 0.717) is 17.1 Å². The highest BCUT2D eigenvalue weighted by Crippen LogP contribution is 2.25. The monoisotopic (exact) mass is 419 g/mol. The summed E-state index contributed by atoms with van der Waals surface area (Å²) in [5.41, 5.74) is 2.63. The molecule has 0 radical (unpaired) electrons. The Bertz CT molecular complexity index is 885. The van der Waals surface area contributed by atoms with Gasteiger partial charge in [0, 0.05) is 29.1 Å². The molecule has 4 nitrogen and oxygen atoms in total. The van der Waals surface area contributed by atoms with Crippen LogP contribution in [0.5, 0.6) is 5.75 Å². The molecule has 154 valence electrons. The highest BCUT2D eigenvalue weighted by atomic mass is 32.2. The molecule has 29 heavy (non-hydrogen) atoms. The third-order valence-electron chi connectivity index (χ3n) is 5.51. The molecule has 4 rings (SSSR count). The van der Waals surface area contributed by atoms with Crippen molar-refractivity contribution in [2.45, 2.75) is 24.3 Å². The van der Waals surface area contributed by atoms with Crippen molar-refractivity contribution in [1.82, 2.24) is 4.90 Å². The maximum Gasteiger partial charge on any atom is 0.223 e. The molecule has 0 aliphatic carbocycles. The molecule has 2 aliphatic rings. The third-order valence-corrected chi connectivity index (χ3v) is 6.50. The lowest BCUT2D eigenvalue weighted by Crippen LogP contribution is -3.13. The molecule has 7 heteroatoms. The lowest BCUT2D eigenvalue weighted by Gasteiger charge is -2.32. The van der Waals surface area contributed by atoms with E-state index in [1.165, 1.54) is 33.9 Å². The summed E-state index contributed by atoms with van der Waals surface area (Å²) in [5, 5.41) is 0. The molecule has 2 aromatic carbocycles. The standard InChI is InChI=1S/C22H24F2N2O2S/c23-19-3-2-18(14-20(19)24)29-12-6-22(27)26-9-7-25(8-10-26)15-16-1-4-21-17(13-16)5-11-28-21/h1-4,13-14H,5-12,15H2/p+1. The van der Waals surface area contributed by atoms with Crippen LogP contribution in [0.2, 0.25) is 0 Å². The van der Waals surface area contributed by atoms with Crippen molar-refractivity contribution in [3.05, 3.63) is 59.2 Å². The van der Waals surface area contributed by atoms with Crippen molar-refractivity contribution >= 4 is 17.7 Å². The van der Waals surface area contributed by atoms with Gasteiger partial charge in [0.25, 0.3) is 0 Å². The van der Waals surface area contributed by atoms with Gasteiger partial charge in [-0.2, -0.15) is 0 Å². The minimum Gasteiger partial charge on any atom is -0.493 e. The molecule has 0 atom stereocenters. The molecular weight excluding hydrogens is 394 g/mol. The topological polar surface area (TPSA) is 34.0 Å². The number of benzene rings is 2. The van der Waals surface area contributed by atoms with E-state index in [1.807, 2.05) is 4.90 Å². The second-order valence-electron chi connectivity index (χ2n) is 7.52. The van der Waals surface area contributed by atoms with Crippen molar-refractivity contribution in [2.75, 3.05) is 38.5 Å². The summed E-state index contributed by atoms with van der Waals surface area (Å²) in [6, 6.07) is 10.3. The number of thioether (sulfide) groups is 1. The number of fused-ring (bicyclic) bond motifs is 1. The zero-order valence-electron chi connectivity index (χ0n) is 16.3. The minimum absolute atomic E-state index is 0.133. The minimum atomic E-state index is -0.851. The largest absolute Gasteiger partial charge is 0.493 e. The van der Waals surface area contributed by atoms with Crippen LogP contribution in [0.4, 0.5) is 8.78 Å². The van der Waals surface area contributed by atoms with Gasteiger partial charge in [0.15, 0.2) is 11.6 Å². The third kappa shape index (κ3) is 5.08. The van der Waals surface area contributed by atoms with E-state index in [4.69, 9.17) is 4.74 Å². The van der Waals surface area contributed by atoms with Crippen molar-refractivity contribution in [2.24, 2.45) is 0 Å². The fourth-order valence-electron chi connectivity index (χ4n) is 3.87. The van der Waals surface area contributed by atoms with E-state index >= 15 is 0 Å². The van der Waals surface area contributed by atoms with E-state index in [-0.39, 0.29) is 5.91 Å². The van der Waals surface area contributed by atoms with Crippen LogP contribution in [-0.4, -0.2) is 49.3 Å². The number of carbonyl (C=O) groups excluding carboxylic acids is 1. The Morgan fingerprint density at radius 2 is 1.93 bits per heavy atom. The molecule has 1 saturated heterocycles. The van der Waals surface area contributed by atoms with Gasteiger partial charge in [0.05, 0.1) is 32.8 Å². The maximum absolute atomic E-state index is 13.2. The molecule has 2 aliphatic heterocycles. The molecule has 0 unspecified atom stereocenters. The normalized spacial score (nSPS) is 16.6. The van der Waals surface area contributed by atoms with E-state index in [1.54, 1.807) is 6.07 Å². The van der Waals surface area contributed by atoms with Crippen LogP contribution in [0.3, 0.4) is 0 Å². The average molecular weight is 420 g/mol. The smallest absolute Gasteiger partial charge is 0.223 e. The van der Waals surface area contributed by atoms with Crippen LogP contribution in [0, 0.1) is 11.6 Å². The molecule has 1 amide bonds. The summed E-state index contributed by atoms with van der Waals surface area (Å²) >= 11 is 1.38. The fourth-order valence-corrected chi connectivity index (χ4v) is 4.73. The number of nitrogens with zero attached hydrogens (tertiary/aromatic N) is 1. The van der Waals surface area contributed by atoms with Crippen LogP contribution in [-0.2, 0) is 17.8 Å². The molecule has 0 saturated carbocycles. The van der Waals surface area contributed by atoms with Crippen LogP contribution in [0.25, 0.3) is 0 Å². The van der Waals surface area contributed by atoms with Crippen LogP contribution >= 0.6 is 11.8 Å². The SMILES string of the molecule is O=C(CCSc1ccc(F)c(F)c1)N1CC[NH+](Cc2ccc3c(c2)CCO3)CC1. The molecular formula is C22H25F2N2O2S+. The van der Waals surface area contributed by atoms with E-state index in [0.717, 1.165) is 57.6 Å². The van der Waals surface area contributed by atoms with Crippen molar-refractivity contribution < 1.29 is 23.2 Å². The van der Waals surface area contributed by atoms with Gasteiger partial charge in [-0.1, -0.05) is 0 Å². The highest BCUT2D eigenvalue weighted by Gasteiger charge is 2.24. The number of halogens is 2. The number of amides is 1. The molecule has 2 aromatic rings. The Balaban J connectivity index is 1.20. The van der Waals surface area contributed by atoms with E-state index < -0.39 is 11.6 Å². The number of piperazine rings is 1. The zero-order valence-corrected chi connectivity index (χ0v) is 17.1. The lowest BCUT2D eigenvalue weighted by molar-refractivity contribution is -0.917. The Morgan fingerprint density at radius 3 is 2.72 bits per heavy atom. The Morgan fingerprint density at radius 1 is 1.10 bits per heavy atom. The van der Waals surface area contributed by atoms with Crippen molar-refractivity contribution in [3.63, 3.8) is 0 Å². The summed E-state index contributed by atoms with van der Waals surface area (Å²) in [6.45, 7) is 5.16. The van der Waals surface area contributed by atoms with Gasteiger partial charge in [-0.25, -0.2) is 8.78 Å². The number of ether oxygens (including phenoxy) is 1. The first-order valence-electron chi connectivity index (χ1n) is 10.0. The quantitative estimate of drug-likeness (QED) is 0.730. The molecule has 0 aromatic heterocycles. The molecule has 2 heterocycles.